The van der Waals surface area contributed by atoms with E-state index in [1.807, 2.05) is 29.2 Å². The summed E-state index contributed by atoms with van der Waals surface area (Å²) in [4.78, 5) is 41.2. The fourth-order valence-corrected chi connectivity index (χ4v) is 14.4. The molecule has 0 radical (unpaired) electrons. The molecular formula is C55H65FN8O10S. The molecular weight excluding hydrogens is 984 g/mol. The molecule has 20 heteroatoms. The average molecular weight is 1050 g/mol. The number of H-pyrrole nitrogens is 1. The Hall–Kier alpha value is -6.06. The monoisotopic (exact) mass is 1050 g/mol. The summed E-state index contributed by atoms with van der Waals surface area (Å²) in [7, 11) is -4.80. The van der Waals surface area contributed by atoms with Gasteiger partial charge in [-0.3, -0.25) is 19.8 Å². The summed E-state index contributed by atoms with van der Waals surface area (Å²) in [5, 5.41) is 26.8. The molecule has 1 amide bonds. The number of morpholine rings is 1. The number of anilines is 4. The number of fused-ring (bicyclic) bond motifs is 4. The van der Waals surface area contributed by atoms with Crippen molar-refractivity contribution in [1.29, 1.82) is 0 Å². The Morgan fingerprint density at radius 1 is 0.947 bits per heavy atom. The van der Waals surface area contributed by atoms with Crippen molar-refractivity contribution in [2.24, 2.45) is 5.41 Å². The van der Waals surface area contributed by atoms with E-state index in [-0.39, 0.29) is 78.9 Å². The smallest absolute Gasteiger partial charge is 0.297 e. The highest BCUT2D eigenvalue weighted by Gasteiger charge is 2.54. The molecule has 7 heterocycles. The Balaban J connectivity index is 0.842. The van der Waals surface area contributed by atoms with Gasteiger partial charge in [-0.2, -0.15) is 4.98 Å². The molecule has 5 aliphatic heterocycles. The number of benzene rings is 3. The highest BCUT2D eigenvalue weighted by molar-refractivity contribution is 7.90. The third kappa shape index (κ3) is 8.92. The van der Waals surface area contributed by atoms with Crippen LogP contribution in [0.1, 0.15) is 106 Å². The van der Waals surface area contributed by atoms with Gasteiger partial charge in [0.15, 0.2) is 11.4 Å². The first-order valence-electron chi connectivity index (χ1n) is 26.3. The number of hydrogen-bond donors (Lipinski definition) is 4. The molecule has 7 aliphatic rings. The number of carbonyl (C=O) groups excluding carboxylic acids is 1. The van der Waals surface area contributed by atoms with Gasteiger partial charge in [-0.05, 0) is 132 Å². The van der Waals surface area contributed by atoms with E-state index >= 15 is 4.39 Å². The topological polar surface area (TPSA) is 214 Å². The number of amides is 1. The molecule has 398 valence electrons. The maximum absolute atomic E-state index is 16.3. The molecule has 3 saturated heterocycles. The number of aromatic amines is 1. The Morgan fingerprint density at radius 3 is 2.48 bits per heavy atom. The van der Waals surface area contributed by atoms with Crippen LogP contribution in [0.2, 0.25) is 0 Å². The van der Waals surface area contributed by atoms with E-state index in [0.717, 1.165) is 62.0 Å². The Kier molecular flexibility index (Phi) is 12.2. The predicted octanol–water partition coefficient (Wildman–Crippen LogP) is 8.39. The van der Waals surface area contributed by atoms with E-state index in [0.29, 0.717) is 55.2 Å². The lowest BCUT2D eigenvalue weighted by Crippen LogP contribution is -2.64. The van der Waals surface area contributed by atoms with Crippen LogP contribution in [0.5, 0.6) is 11.6 Å². The van der Waals surface area contributed by atoms with Crippen molar-refractivity contribution in [1.82, 2.24) is 19.6 Å². The fraction of sp³-hybridized carbons (Fsp3) is 0.527. The van der Waals surface area contributed by atoms with Crippen molar-refractivity contribution >= 4 is 55.4 Å². The molecule has 2 aromatic heterocycles. The number of nitrogens with zero attached hydrogens (tertiary/aromatic N) is 5. The molecule has 5 fully saturated rings. The highest BCUT2D eigenvalue weighted by Crippen LogP contribution is 2.56. The number of sulfonamides is 1. The van der Waals surface area contributed by atoms with Crippen LogP contribution >= 0.6 is 0 Å². The Labute approximate surface area is 435 Å². The number of carbonyl (C=O) groups is 1. The van der Waals surface area contributed by atoms with E-state index in [4.69, 9.17) is 23.9 Å². The number of rotatable bonds is 9. The minimum atomic E-state index is -4.80. The first-order chi connectivity index (χ1) is 35.8. The third-order valence-corrected chi connectivity index (χ3v) is 18.9. The number of nitro groups is 1. The predicted molar refractivity (Wildman–Crippen MR) is 279 cm³/mol. The van der Waals surface area contributed by atoms with Gasteiger partial charge in [-0.25, -0.2) is 17.5 Å². The first kappa shape index (κ1) is 49.8. The molecule has 2 aliphatic carbocycles. The second kappa shape index (κ2) is 18.3. The van der Waals surface area contributed by atoms with Gasteiger partial charge in [0.2, 0.25) is 5.88 Å². The van der Waals surface area contributed by atoms with Crippen molar-refractivity contribution in [3.8, 4) is 11.6 Å². The molecule has 4 N–H and O–H groups in total. The van der Waals surface area contributed by atoms with E-state index in [1.165, 1.54) is 11.1 Å². The number of nitro benzene ring substituents is 1. The minimum absolute atomic E-state index is 0.00734. The fourth-order valence-electron chi connectivity index (χ4n) is 13.4. The van der Waals surface area contributed by atoms with Gasteiger partial charge in [0.25, 0.3) is 21.6 Å². The summed E-state index contributed by atoms with van der Waals surface area (Å²) >= 11 is 0. The summed E-state index contributed by atoms with van der Waals surface area (Å²) < 4.78 is 71.9. The van der Waals surface area contributed by atoms with Gasteiger partial charge in [0.05, 0.1) is 64.6 Å². The molecule has 0 bridgehead atoms. The summed E-state index contributed by atoms with van der Waals surface area (Å²) in [5.74, 6) is -0.787. The molecule has 75 heavy (non-hydrogen) atoms. The lowest BCUT2D eigenvalue weighted by atomic mass is 9.59. The summed E-state index contributed by atoms with van der Waals surface area (Å²) in [5.41, 5.74) is 1.58. The van der Waals surface area contributed by atoms with Crippen LogP contribution in [0, 0.1) is 22.5 Å². The summed E-state index contributed by atoms with van der Waals surface area (Å²) in [6, 6.07) is 19.2. The second-order valence-corrected chi connectivity index (χ2v) is 24.8. The van der Waals surface area contributed by atoms with Gasteiger partial charge in [-0.1, -0.05) is 24.3 Å². The van der Waals surface area contributed by atoms with Gasteiger partial charge in [0.1, 0.15) is 29.7 Å². The zero-order chi connectivity index (χ0) is 52.2. The van der Waals surface area contributed by atoms with Crippen LogP contribution in [-0.2, 0) is 19.5 Å². The van der Waals surface area contributed by atoms with Gasteiger partial charge in [-0.15, -0.1) is 0 Å². The van der Waals surface area contributed by atoms with Crippen LogP contribution in [0.15, 0.2) is 77.8 Å². The van der Waals surface area contributed by atoms with Crippen molar-refractivity contribution in [3.63, 3.8) is 0 Å². The summed E-state index contributed by atoms with van der Waals surface area (Å²) in [6.45, 7) is 11.8. The quantitative estimate of drug-likeness (QED) is 0.0806. The van der Waals surface area contributed by atoms with Crippen LogP contribution < -0.4 is 29.3 Å². The van der Waals surface area contributed by atoms with Crippen LogP contribution in [0.25, 0.3) is 11.0 Å². The maximum atomic E-state index is 16.3. The molecule has 4 atom stereocenters. The maximum Gasteiger partial charge on any atom is 0.297 e. The molecule has 3 aromatic carbocycles. The lowest BCUT2D eigenvalue weighted by molar-refractivity contribution is -0.384. The number of piperidine rings is 1. The standard InChI is InChI=1S/C55H65FN8O10S/c1-33-7-5-6-8-38(33)44-29-72-32-52(2,3)63(44)36-27-54(28-36)17-20-61(21-18-54)35-9-10-39(41(24-35)62-40-12-22-71-30-46(40)74-51-43(62)23-34-11-19-57-49(34)59-51)50(65)60-75(69,70)37-25-42(64(67)68)48-45(26-37)73-31-47(58-48)55(56)15-13-53(4,66)14-16-55/h5-11,19,23-26,36,40,44,46-47,58,66H,12-18,20-22,27-32H2,1-4H3,(H,57,59)(H,60,65)/t40-,44-,46-,47-,53?,55?/m0/s1. The number of aliphatic hydroxyl groups is 1. The van der Waals surface area contributed by atoms with Crippen molar-refractivity contribution in [3.05, 3.63) is 99.7 Å². The number of halogens is 1. The normalized spacial score (nSPS) is 28.5. The lowest BCUT2D eigenvalue weighted by Gasteiger charge is -2.61. The highest BCUT2D eigenvalue weighted by atomic mass is 32.2. The molecule has 2 saturated carbocycles. The Morgan fingerprint density at radius 2 is 1.72 bits per heavy atom. The van der Waals surface area contributed by atoms with E-state index < -0.39 is 54.9 Å². The first-order valence-corrected chi connectivity index (χ1v) is 27.8. The van der Waals surface area contributed by atoms with Crippen molar-refractivity contribution < 1.29 is 46.6 Å². The van der Waals surface area contributed by atoms with Crippen LogP contribution in [-0.4, -0.2) is 126 Å². The van der Waals surface area contributed by atoms with Crippen LogP contribution in [0.3, 0.4) is 0 Å². The van der Waals surface area contributed by atoms with E-state index in [1.54, 1.807) is 19.2 Å². The van der Waals surface area contributed by atoms with Gasteiger partial charge >= 0.3 is 0 Å². The minimum Gasteiger partial charge on any atom is -0.489 e. The number of nitrogens with one attached hydrogen (secondary N) is 3. The molecule has 1 spiro atoms. The van der Waals surface area contributed by atoms with E-state index in [9.17, 15) is 28.4 Å². The van der Waals surface area contributed by atoms with Crippen molar-refractivity contribution in [2.75, 3.05) is 61.2 Å². The molecule has 12 rings (SSSR count). The average Bonchev–Trinajstić information content (AvgIpc) is 3.84. The van der Waals surface area contributed by atoms with Gasteiger partial charge in [0, 0.05) is 60.7 Å². The Bertz CT molecular complexity index is 3180. The third-order valence-electron chi connectivity index (χ3n) is 17.6. The number of aryl methyl sites for hydroxylation is 1. The zero-order valence-electron chi connectivity index (χ0n) is 42.8. The number of ether oxygens (including phenoxy) is 4. The largest absolute Gasteiger partial charge is 0.489 e. The second-order valence-electron chi connectivity index (χ2n) is 23.1. The van der Waals surface area contributed by atoms with Gasteiger partial charge < -0.3 is 44.2 Å². The zero-order valence-corrected chi connectivity index (χ0v) is 43.6. The van der Waals surface area contributed by atoms with Crippen LogP contribution in [0.4, 0.5) is 32.8 Å². The number of pyridine rings is 1. The summed E-state index contributed by atoms with van der Waals surface area (Å²) in [6.07, 6.45) is 6.44. The number of alkyl halides is 1. The number of aromatic nitrogens is 2. The van der Waals surface area contributed by atoms with Crippen molar-refractivity contribution in [2.45, 2.75) is 137 Å². The molecule has 0 unspecified atom stereocenters. The number of hydrogen-bond acceptors (Lipinski definition) is 15. The SMILES string of the molecule is Cc1ccccc1[C@@H]1COCC(C)(C)N1C1CC2(CCN(c3ccc(C(=O)NS(=O)(=O)c4cc5c(c([N+](=O)[O-])c4)N[C@H](C4(F)CCC(C)(O)CC4)CO5)c(N4c5cc6cc[nH]c6nc5O[C@H]5COCC[C@@H]54)c3)CC2)C1. The van der Waals surface area contributed by atoms with E-state index in [2.05, 4.69) is 69.9 Å². The molecule has 18 nitrogen and oxygen atoms in total. The molecule has 5 aromatic rings.